The SMILES string of the molecule is Cc1noc(C)c1-c1ccc2c(c1)OC(CC1CCCCC1)C(=O)N2. The van der Waals surface area contributed by atoms with Gasteiger partial charge in [-0.15, -0.1) is 0 Å². The highest BCUT2D eigenvalue weighted by Crippen LogP contribution is 2.38. The molecule has 1 aliphatic heterocycles. The number of rotatable bonds is 3. The minimum Gasteiger partial charge on any atom is -0.478 e. The van der Waals surface area contributed by atoms with Gasteiger partial charge in [-0.25, -0.2) is 0 Å². The maximum atomic E-state index is 12.4. The Morgan fingerprint density at radius 2 is 2.00 bits per heavy atom. The highest BCUT2D eigenvalue weighted by Gasteiger charge is 2.31. The first-order chi connectivity index (χ1) is 12.1. The van der Waals surface area contributed by atoms with E-state index in [0.29, 0.717) is 5.92 Å². The average molecular weight is 340 g/mol. The molecule has 1 N–H and O–H groups in total. The molecule has 4 rings (SSSR count). The van der Waals surface area contributed by atoms with Crippen molar-refractivity contribution >= 4 is 11.6 Å². The third kappa shape index (κ3) is 3.15. The summed E-state index contributed by atoms with van der Waals surface area (Å²) in [4.78, 5) is 12.4. The molecule has 2 aromatic rings. The molecule has 1 amide bonds. The number of benzene rings is 1. The van der Waals surface area contributed by atoms with Gasteiger partial charge < -0.3 is 14.6 Å². The number of nitrogens with one attached hydrogen (secondary N) is 1. The highest BCUT2D eigenvalue weighted by molar-refractivity contribution is 5.98. The smallest absolute Gasteiger partial charge is 0.265 e. The summed E-state index contributed by atoms with van der Waals surface area (Å²) in [6.07, 6.45) is 6.68. The molecule has 1 aromatic carbocycles. The van der Waals surface area contributed by atoms with Crippen LogP contribution < -0.4 is 10.1 Å². The predicted molar refractivity (Wildman–Crippen MR) is 95.7 cm³/mol. The van der Waals surface area contributed by atoms with E-state index in [4.69, 9.17) is 9.26 Å². The fourth-order valence-corrected chi connectivity index (χ4v) is 4.07. The highest BCUT2D eigenvalue weighted by atomic mass is 16.5. The van der Waals surface area contributed by atoms with Crippen molar-refractivity contribution in [3.63, 3.8) is 0 Å². The van der Waals surface area contributed by atoms with Gasteiger partial charge in [-0.3, -0.25) is 4.79 Å². The van der Waals surface area contributed by atoms with Gasteiger partial charge in [0.25, 0.3) is 5.91 Å². The number of hydrogen-bond donors (Lipinski definition) is 1. The molecule has 0 radical (unpaired) electrons. The molecule has 5 nitrogen and oxygen atoms in total. The monoisotopic (exact) mass is 340 g/mol. The van der Waals surface area contributed by atoms with Gasteiger partial charge in [0, 0.05) is 5.56 Å². The number of ether oxygens (including phenoxy) is 1. The predicted octanol–water partition coefficient (Wildman–Crippen LogP) is 4.63. The number of nitrogens with zero attached hydrogens (tertiary/aromatic N) is 1. The van der Waals surface area contributed by atoms with Crippen molar-refractivity contribution < 1.29 is 14.1 Å². The molecule has 0 spiro atoms. The topological polar surface area (TPSA) is 64.4 Å². The first kappa shape index (κ1) is 16.2. The van der Waals surface area contributed by atoms with Crippen LogP contribution in [0.4, 0.5) is 5.69 Å². The summed E-state index contributed by atoms with van der Waals surface area (Å²) >= 11 is 0. The molecule has 1 saturated carbocycles. The van der Waals surface area contributed by atoms with Crippen molar-refractivity contribution in [2.24, 2.45) is 5.92 Å². The molecule has 1 atom stereocenters. The lowest BCUT2D eigenvalue weighted by Crippen LogP contribution is -2.38. The van der Waals surface area contributed by atoms with Crippen LogP contribution in [-0.4, -0.2) is 17.2 Å². The van der Waals surface area contributed by atoms with Crippen LogP contribution in [0.25, 0.3) is 11.1 Å². The van der Waals surface area contributed by atoms with E-state index < -0.39 is 6.10 Å². The second-order valence-electron chi connectivity index (χ2n) is 7.25. The second kappa shape index (κ2) is 6.54. The van der Waals surface area contributed by atoms with Crippen molar-refractivity contribution in [3.05, 3.63) is 29.7 Å². The van der Waals surface area contributed by atoms with Gasteiger partial charge in [-0.05, 0) is 43.9 Å². The van der Waals surface area contributed by atoms with Gasteiger partial charge in [0.2, 0.25) is 0 Å². The van der Waals surface area contributed by atoms with Crippen LogP contribution in [0.1, 0.15) is 50.0 Å². The van der Waals surface area contributed by atoms with Crippen LogP contribution in [0.15, 0.2) is 22.7 Å². The minimum atomic E-state index is -0.393. The van der Waals surface area contributed by atoms with E-state index >= 15 is 0 Å². The molecule has 0 saturated heterocycles. The van der Waals surface area contributed by atoms with Crippen LogP contribution in [-0.2, 0) is 4.79 Å². The lowest BCUT2D eigenvalue weighted by atomic mass is 9.85. The molecule has 1 fully saturated rings. The van der Waals surface area contributed by atoms with Gasteiger partial charge in [0.1, 0.15) is 11.5 Å². The van der Waals surface area contributed by atoms with Gasteiger partial charge in [0.05, 0.1) is 11.4 Å². The van der Waals surface area contributed by atoms with Crippen LogP contribution in [0.3, 0.4) is 0 Å². The van der Waals surface area contributed by atoms with E-state index in [0.717, 1.165) is 40.4 Å². The molecule has 5 heteroatoms. The van der Waals surface area contributed by atoms with Crippen molar-refractivity contribution in [2.75, 3.05) is 5.32 Å². The minimum absolute atomic E-state index is 0.0248. The summed E-state index contributed by atoms with van der Waals surface area (Å²) in [6.45, 7) is 3.84. The van der Waals surface area contributed by atoms with Gasteiger partial charge in [0.15, 0.2) is 6.10 Å². The maximum Gasteiger partial charge on any atom is 0.265 e. The number of fused-ring (bicyclic) bond motifs is 1. The summed E-state index contributed by atoms with van der Waals surface area (Å²) in [5, 5.41) is 7.02. The number of carbonyl (C=O) groups is 1. The fraction of sp³-hybridized carbons (Fsp3) is 0.500. The van der Waals surface area contributed by atoms with E-state index in [1.54, 1.807) is 0 Å². The third-order valence-electron chi connectivity index (χ3n) is 5.40. The van der Waals surface area contributed by atoms with Crippen LogP contribution >= 0.6 is 0 Å². The first-order valence-corrected chi connectivity index (χ1v) is 9.16. The molecular weight excluding hydrogens is 316 g/mol. The second-order valence-corrected chi connectivity index (χ2v) is 7.25. The third-order valence-corrected chi connectivity index (χ3v) is 5.40. The standard InChI is InChI=1S/C20H24N2O3/c1-12-19(13(2)25-22-12)15-8-9-16-17(11-15)24-18(20(23)21-16)10-14-6-4-3-5-7-14/h8-9,11,14,18H,3-7,10H2,1-2H3,(H,21,23). The van der Waals surface area contributed by atoms with Crippen LogP contribution in [0.2, 0.25) is 0 Å². The first-order valence-electron chi connectivity index (χ1n) is 9.16. The van der Waals surface area contributed by atoms with E-state index in [1.807, 2.05) is 32.0 Å². The van der Waals surface area contributed by atoms with Crippen molar-refractivity contribution in [2.45, 2.75) is 58.5 Å². The summed E-state index contributed by atoms with van der Waals surface area (Å²) in [5.41, 5.74) is 3.59. The van der Waals surface area contributed by atoms with Crippen molar-refractivity contribution in [3.8, 4) is 16.9 Å². The van der Waals surface area contributed by atoms with Crippen LogP contribution in [0, 0.1) is 19.8 Å². The summed E-state index contributed by atoms with van der Waals surface area (Å²) in [7, 11) is 0. The van der Waals surface area contributed by atoms with E-state index in [1.165, 1.54) is 32.1 Å². The van der Waals surface area contributed by atoms with E-state index in [-0.39, 0.29) is 5.91 Å². The number of aryl methyl sites for hydroxylation is 2. The van der Waals surface area contributed by atoms with Crippen molar-refractivity contribution in [1.29, 1.82) is 0 Å². The molecule has 132 valence electrons. The summed E-state index contributed by atoms with van der Waals surface area (Å²) < 4.78 is 11.4. The Morgan fingerprint density at radius 1 is 1.20 bits per heavy atom. The Labute approximate surface area is 147 Å². The molecule has 2 aliphatic rings. The molecule has 2 heterocycles. The number of aromatic nitrogens is 1. The lowest BCUT2D eigenvalue weighted by Gasteiger charge is -2.30. The molecule has 1 aromatic heterocycles. The Bertz CT molecular complexity index is 771. The molecular formula is C20H24N2O3. The summed E-state index contributed by atoms with van der Waals surface area (Å²) in [6, 6.07) is 5.84. The zero-order valence-electron chi connectivity index (χ0n) is 14.8. The fourth-order valence-electron chi connectivity index (χ4n) is 4.07. The van der Waals surface area contributed by atoms with Gasteiger partial charge in [-0.1, -0.05) is 43.3 Å². The Hall–Kier alpha value is -2.30. The molecule has 1 aliphatic carbocycles. The largest absolute Gasteiger partial charge is 0.478 e. The number of hydrogen-bond acceptors (Lipinski definition) is 4. The maximum absolute atomic E-state index is 12.4. The van der Waals surface area contributed by atoms with Gasteiger partial charge in [-0.2, -0.15) is 0 Å². The molecule has 0 bridgehead atoms. The van der Waals surface area contributed by atoms with Crippen molar-refractivity contribution in [1.82, 2.24) is 5.16 Å². The normalized spacial score (nSPS) is 20.7. The van der Waals surface area contributed by atoms with Gasteiger partial charge >= 0.3 is 0 Å². The molecule has 1 unspecified atom stereocenters. The average Bonchev–Trinajstić information content (AvgIpc) is 2.95. The number of anilines is 1. The zero-order chi connectivity index (χ0) is 17.4. The van der Waals surface area contributed by atoms with E-state index in [9.17, 15) is 4.79 Å². The zero-order valence-corrected chi connectivity index (χ0v) is 14.8. The summed E-state index contributed by atoms with van der Waals surface area (Å²) in [5.74, 6) is 2.09. The van der Waals surface area contributed by atoms with E-state index in [2.05, 4.69) is 10.5 Å². The number of amides is 1. The Kier molecular flexibility index (Phi) is 4.24. The Balaban J connectivity index is 1.58. The number of carbonyl (C=O) groups excluding carboxylic acids is 1. The quantitative estimate of drug-likeness (QED) is 0.885. The van der Waals surface area contributed by atoms with Crippen LogP contribution in [0.5, 0.6) is 5.75 Å². The molecule has 25 heavy (non-hydrogen) atoms. The lowest BCUT2D eigenvalue weighted by molar-refractivity contribution is -0.124. The Morgan fingerprint density at radius 3 is 2.72 bits per heavy atom.